The van der Waals surface area contributed by atoms with Gasteiger partial charge in [0.1, 0.15) is 0 Å². The number of aromatic nitrogens is 1. The topological polar surface area (TPSA) is 34.2 Å². The van der Waals surface area contributed by atoms with Gasteiger partial charge < -0.3 is 10.1 Å². The third-order valence-corrected chi connectivity index (χ3v) is 2.61. The fourth-order valence-electron chi connectivity index (χ4n) is 1.72. The van der Waals surface area contributed by atoms with E-state index in [-0.39, 0.29) is 0 Å². The normalized spacial score (nSPS) is 16.3. The highest BCUT2D eigenvalue weighted by Gasteiger charge is 2.17. The van der Waals surface area contributed by atoms with Crippen LogP contribution in [0.25, 0.3) is 10.9 Å². The number of rotatable bonds is 2. The summed E-state index contributed by atoms with van der Waals surface area (Å²) < 4.78 is 5.12. The maximum atomic E-state index is 5.12. The zero-order valence-corrected chi connectivity index (χ0v) is 8.31. The zero-order valence-electron chi connectivity index (χ0n) is 8.31. The van der Waals surface area contributed by atoms with Crippen molar-refractivity contribution in [2.75, 3.05) is 18.5 Å². The summed E-state index contributed by atoms with van der Waals surface area (Å²) in [5.41, 5.74) is 2.18. The maximum Gasteiger partial charge on any atom is 0.0728 e. The average Bonchev–Trinajstić information content (AvgIpc) is 2.23. The lowest BCUT2D eigenvalue weighted by Crippen LogP contribution is -2.40. The Bertz CT molecular complexity index is 480. The number of hydrogen-bond donors (Lipinski definition) is 1. The van der Waals surface area contributed by atoms with Gasteiger partial charge in [0, 0.05) is 17.3 Å². The molecule has 1 fully saturated rings. The van der Waals surface area contributed by atoms with Crippen LogP contribution in [0.3, 0.4) is 0 Å². The predicted octanol–water partition coefficient (Wildman–Crippen LogP) is 2.05. The van der Waals surface area contributed by atoms with Gasteiger partial charge in [-0.2, -0.15) is 0 Å². The fraction of sp³-hybridized carbons (Fsp3) is 0.250. The molecule has 76 valence electrons. The molecule has 0 bridgehead atoms. The molecule has 3 heteroatoms. The number of benzene rings is 1. The molecule has 0 unspecified atom stereocenters. The number of nitrogens with zero attached hydrogens (tertiary/aromatic N) is 1. The molecule has 1 aromatic carbocycles. The number of anilines is 1. The van der Waals surface area contributed by atoms with Crippen molar-refractivity contribution in [2.24, 2.45) is 0 Å². The third kappa shape index (κ3) is 1.66. The van der Waals surface area contributed by atoms with E-state index in [0.717, 1.165) is 24.4 Å². The molecule has 0 radical (unpaired) electrons. The van der Waals surface area contributed by atoms with Gasteiger partial charge >= 0.3 is 0 Å². The van der Waals surface area contributed by atoms with Crippen molar-refractivity contribution in [1.82, 2.24) is 4.98 Å². The maximum absolute atomic E-state index is 5.12. The van der Waals surface area contributed by atoms with Crippen LogP contribution in [-0.4, -0.2) is 24.2 Å². The van der Waals surface area contributed by atoms with E-state index in [1.807, 2.05) is 18.3 Å². The molecule has 3 rings (SSSR count). The SMILES string of the molecule is c1cnc2ccc(NC3COC3)cc2c1. The smallest absolute Gasteiger partial charge is 0.0728 e. The molecule has 2 heterocycles. The lowest BCUT2D eigenvalue weighted by molar-refractivity contribution is 0.0211. The average molecular weight is 200 g/mol. The van der Waals surface area contributed by atoms with Gasteiger partial charge in [-0.3, -0.25) is 4.98 Å². The van der Waals surface area contributed by atoms with Crippen LogP contribution in [-0.2, 0) is 4.74 Å². The first kappa shape index (κ1) is 8.68. The van der Waals surface area contributed by atoms with Crippen LogP contribution in [0.15, 0.2) is 36.5 Å². The van der Waals surface area contributed by atoms with Gasteiger partial charge in [0.25, 0.3) is 0 Å². The van der Waals surface area contributed by atoms with Gasteiger partial charge in [0.2, 0.25) is 0 Å². The highest BCUT2D eigenvalue weighted by molar-refractivity contribution is 5.82. The van der Waals surface area contributed by atoms with Gasteiger partial charge in [-0.15, -0.1) is 0 Å². The number of nitrogens with one attached hydrogen (secondary N) is 1. The molecular weight excluding hydrogens is 188 g/mol. The summed E-state index contributed by atoms with van der Waals surface area (Å²) in [6.45, 7) is 1.62. The van der Waals surface area contributed by atoms with E-state index in [2.05, 4.69) is 28.5 Å². The van der Waals surface area contributed by atoms with Gasteiger partial charge in [0.15, 0.2) is 0 Å². The summed E-state index contributed by atoms with van der Waals surface area (Å²) >= 11 is 0. The van der Waals surface area contributed by atoms with Crippen LogP contribution in [0.5, 0.6) is 0 Å². The standard InChI is InChI=1S/C12H12N2O/c1-2-9-6-10(14-11-7-15-8-11)3-4-12(9)13-5-1/h1-6,11,14H,7-8H2. The van der Waals surface area contributed by atoms with E-state index in [0.29, 0.717) is 6.04 Å². The lowest BCUT2D eigenvalue weighted by atomic mass is 10.1. The molecule has 1 aliphatic rings. The van der Waals surface area contributed by atoms with Crippen LogP contribution >= 0.6 is 0 Å². The van der Waals surface area contributed by atoms with Crippen LogP contribution in [0.2, 0.25) is 0 Å². The second kappa shape index (κ2) is 3.51. The van der Waals surface area contributed by atoms with Crippen LogP contribution in [0, 0.1) is 0 Å². The van der Waals surface area contributed by atoms with E-state index in [1.54, 1.807) is 0 Å². The quantitative estimate of drug-likeness (QED) is 0.805. The minimum atomic E-state index is 0.471. The number of fused-ring (bicyclic) bond motifs is 1. The molecule has 0 saturated carbocycles. The number of ether oxygens (including phenoxy) is 1. The van der Waals surface area contributed by atoms with E-state index in [9.17, 15) is 0 Å². The summed E-state index contributed by atoms with van der Waals surface area (Å²) in [5.74, 6) is 0. The highest BCUT2D eigenvalue weighted by atomic mass is 16.5. The molecule has 0 amide bonds. The van der Waals surface area contributed by atoms with Crippen molar-refractivity contribution in [2.45, 2.75) is 6.04 Å². The van der Waals surface area contributed by atoms with Gasteiger partial charge in [-0.1, -0.05) is 6.07 Å². The third-order valence-electron chi connectivity index (χ3n) is 2.61. The molecule has 1 saturated heterocycles. The lowest BCUT2D eigenvalue weighted by Gasteiger charge is -2.27. The van der Waals surface area contributed by atoms with E-state index >= 15 is 0 Å². The Hall–Kier alpha value is -1.61. The summed E-state index contributed by atoms with van der Waals surface area (Å²) in [6.07, 6.45) is 1.81. The Morgan fingerprint density at radius 3 is 3.00 bits per heavy atom. The van der Waals surface area contributed by atoms with Crippen molar-refractivity contribution in [3.63, 3.8) is 0 Å². The van der Waals surface area contributed by atoms with Crippen molar-refractivity contribution in [3.8, 4) is 0 Å². The Morgan fingerprint density at radius 1 is 1.27 bits per heavy atom. The van der Waals surface area contributed by atoms with Crippen LogP contribution in [0.1, 0.15) is 0 Å². The molecular formula is C12H12N2O. The fourth-order valence-corrected chi connectivity index (χ4v) is 1.72. The molecule has 0 spiro atoms. The van der Waals surface area contributed by atoms with Crippen molar-refractivity contribution in [3.05, 3.63) is 36.5 Å². The first-order chi connectivity index (χ1) is 7.42. The molecule has 2 aromatic rings. The summed E-state index contributed by atoms with van der Waals surface area (Å²) in [5, 5.41) is 4.59. The number of hydrogen-bond acceptors (Lipinski definition) is 3. The Labute approximate surface area is 88.1 Å². The summed E-state index contributed by atoms with van der Waals surface area (Å²) in [6, 6.07) is 10.7. The molecule has 1 aromatic heterocycles. The van der Waals surface area contributed by atoms with Gasteiger partial charge in [-0.05, 0) is 24.3 Å². The monoisotopic (exact) mass is 200 g/mol. The molecule has 3 nitrogen and oxygen atoms in total. The zero-order chi connectivity index (χ0) is 10.1. The van der Waals surface area contributed by atoms with Gasteiger partial charge in [0.05, 0.1) is 24.8 Å². The van der Waals surface area contributed by atoms with Crippen LogP contribution < -0.4 is 5.32 Å². The minimum absolute atomic E-state index is 0.471. The van der Waals surface area contributed by atoms with Crippen LogP contribution in [0.4, 0.5) is 5.69 Å². The van der Waals surface area contributed by atoms with Crippen molar-refractivity contribution in [1.29, 1.82) is 0 Å². The first-order valence-electron chi connectivity index (χ1n) is 5.11. The molecule has 1 aliphatic heterocycles. The largest absolute Gasteiger partial charge is 0.378 e. The van der Waals surface area contributed by atoms with Crippen molar-refractivity contribution < 1.29 is 4.74 Å². The molecule has 15 heavy (non-hydrogen) atoms. The predicted molar refractivity (Wildman–Crippen MR) is 60.0 cm³/mol. The van der Waals surface area contributed by atoms with E-state index in [4.69, 9.17) is 4.74 Å². The summed E-state index contributed by atoms with van der Waals surface area (Å²) in [4.78, 5) is 4.28. The summed E-state index contributed by atoms with van der Waals surface area (Å²) in [7, 11) is 0. The first-order valence-corrected chi connectivity index (χ1v) is 5.11. The Balaban J connectivity index is 1.91. The van der Waals surface area contributed by atoms with Gasteiger partial charge in [-0.25, -0.2) is 0 Å². The Morgan fingerprint density at radius 2 is 2.20 bits per heavy atom. The molecule has 1 N–H and O–H groups in total. The van der Waals surface area contributed by atoms with E-state index < -0.39 is 0 Å². The second-order valence-electron chi connectivity index (χ2n) is 3.79. The minimum Gasteiger partial charge on any atom is -0.378 e. The Kier molecular flexibility index (Phi) is 2.03. The molecule has 0 aliphatic carbocycles. The van der Waals surface area contributed by atoms with E-state index in [1.165, 1.54) is 5.39 Å². The highest BCUT2D eigenvalue weighted by Crippen LogP contribution is 2.18. The van der Waals surface area contributed by atoms with Crippen molar-refractivity contribution >= 4 is 16.6 Å². The number of pyridine rings is 1. The molecule has 0 atom stereocenters. The second-order valence-corrected chi connectivity index (χ2v) is 3.79.